The molecule has 1 fully saturated rings. The highest BCUT2D eigenvalue weighted by atomic mass is 16.5. The lowest BCUT2D eigenvalue weighted by Crippen LogP contribution is -2.12. The van der Waals surface area contributed by atoms with E-state index in [0.717, 1.165) is 13.0 Å². The maximum absolute atomic E-state index is 10.9. The molecule has 0 amide bonds. The van der Waals surface area contributed by atoms with E-state index in [0.29, 0.717) is 13.0 Å². The van der Waals surface area contributed by atoms with Gasteiger partial charge in [-0.1, -0.05) is 0 Å². The molecule has 76 valence electrons. The van der Waals surface area contributed by atoms with E-state index in [2.05, 4.69) is 24.3 Å². The van der Waals surface area contributed by atoms with Crippen molar-refractivity contribution in [3.05, 3.63) is 0 Å². The molecule has 0 radical (unpaired) electrons. The van der Waals surface area contributed by atoms with Gasteiger partial charge in [0.1, 0.15) is 0 Å². The van der Waals surface area contributed by atoms with Crippen molar-refractivity contribution in [2.45, 2.75) is 39.3 Å². The van der Waals surface area contributed by atoms with E-state index in [1.165, 1.54) is 0 Å². The molecule has 4 nitrogen and oxygen atoms in total. The van der Waals surface area contributed by atoms with Crippen LogP contribution in [-0.4, -0.2) is 29.8 Å². The highest BCUT2D eigenvalue weighted by molar-refractivity contribution is 5.69. The highest BCUT2D eigenvalue weighted by Gasteiger charge is 2.41. The van der Waals surface area contributed by atoms with Crippen LogP contribution in [0, 0.1) is 0 Å². The van der Waals surface area contributed by atoms with Crippen LogP contribution in [0.15, 0.2) is 0 Å². The standard InChI is InChI=1S/C9H18N2O2/c1-4-13-8(12)6-5-7-11-9(2,3)10-11/h10H,4-7H2,1-3H3. The first kappa shape index (κ1) is 10.5. The molecule has 1 rings (SSSR count). The normalized spacial score (nSPS) is 24.1. The molecule has 1 saturated heterocycles. The van der Waals surface area contributed by atoms with Crippen LogP contribution >= 0.6 is 0 Å². The highest BCUT2D eigenvalue weighted by Crippen LogP contribution is 2.22. The summed E-state index contributed by atoms with van der Waals surface area (Å²) < 4.78 is 4.82. The predicted molar refractivity (Wildman–Crippen MR) is 49.8 cm³/mol. The van der Waals surface area contributed by atoms with Crippen LogP contribution in [0.4, 0.5) is 0 Å². The number of carbonyl (C=O) groups excluding carboxylic acids is 1. The quantitative estimate of drug-likeness (QED) is 0.511. The molecule has 0 aromatic carbocycles. The molecule has 1 N–H and O–H groups in total. The fraction of sp³-hybridized carbons (Fsp3) is 0.889. The Morgan fingerprint density at radius 3 is 2.62 bits per heavy atom. The first-order valence-corrected chi connectivity index (χ1v) is 4.77. The van der Waals surface area contributed by atoms with Crippen molar-refractivity contribution in [2.75, 3.05) is 13.2 Å². The lowest BCUT2D eigenvalue weighted by Gasteiger charge is -2.03. The molecule has 1 atom stereocenters. The second-order valence-electron chi connectivity index (χ2n) is 3.73. The molecule has 0 spiro atoms. The van der Waals surface area contributed by atoms with E-state index in [4.69, 9.17) is 4.74 Å². The van der Waals surface area contributed by atoms with E-state index < -0.39 is 0 Å². The van der Waals surface area contributed by atoms with Gasteiger partial charge in [-0.3, -0.25) is 4.79 Å². The van der Waals surface area contributed by atoms with Crippen LogP contribution in [0.2, 0.25) is 0 Å². The van der Waals surface area contributed by atoms with Gasteiger partial charge in [0, 0.05) is 13.0 Å². The van der Waals surface area contributed by atoms with Crippen molar-refractivity contribution in [3.8, 4) is 0 Å². The summed E-state index contributed by atoms with van der Waals surface area (Å²) in [6.45, 7) is 7.43. The number of nitrogens with one attached hydrogen (secondary N) is 1. The summed E-state index contributed by atoms with van der Waals surface area (Å²) in [6, 6.07) is 0. The third-order valence-electron chi connectivity index (χ3n) is 2.10. The van der Waals surface area contributed by atoms with Gasteiger partial charge in [0.15, 0.2) is 0 Å². The van der Waals surface area contributed by atoms with Crippen molar-refractivity contribution in [1.29, 1.82) is 0 Å². The third kappa shape index (κ3) is 3.32. The number of rotatable bonds is 5. The summed E-state index contributed by atoms with van der Waals surface area (Å²) >= 11 is 0. The van der Waals surface area contributed by atoms with Crippen LogP contribution < -0.4 is 5.43 Å². The number of hydrogen-bond acceptors (Lipinski definition) is 4. The molecule has 0 aromatic heterocycles. The predicted octanol–water partition coefficient (Wildman–Crippen LogP) is 0.886. The number of hydrazine groups is 1. The van der Waals surface area contributed by atoms with Gasteiger partial charge in [0.25, 0.3) is 0 Å². The van der Waals surface area contributed by atoms with E-state index >= 15 is 0 Å². The van der Waals surface area contributed by atoms with Gasteiger partial charge in [-0.15, -0.1) is 0 Å². The Kier molecular flexibility index (Phi) is 3.27. The minimum atomic E-state index is -0.0952. The molecule has 0 bridgehead atoms. The first-order chi connectivity index (χ1) is 6.06. The second kappa shape index (κ2) is 4.07. The fourth-order valence-corrected chi connectivity index (χ4v) is 1.26. The lowest BCUT2D eigenvalue weighted by molar-refractivity contribution is -0.143. The van der Waals surface area contributed by atoms with E-state index in [-0.39, 0.29) is 11.6 Å². The minimum Gasteiger partial charge on any atom is -0.466 e. The van der Waals surface area contributed by atoms with Crippen molar-refractivity contribution in [3.63, 3.8) is 0 Å². The molecular weight excluding hydrogens is 168 g/mol. The Balaban J connectivity index is 1.99. The van der Waals surface area contributed by atoms with Gasteiger partial charge in [-0.05, 0) is 27.2 Å². The monoisotopic (exact) mass is 186 g/mol. The maximum Gasteiger partial charge on any atom is 0.305 e. The SMILES string of the molecule is CCOC(=O)CCCN1NC1(C)C. The van der Waals surface area contributed by atoms with Crippen molar-refractivity contribution in [2.24, 2.45) is 0 Å². The Morgan fingerprint density at radius 2 is 2.15 bits per heavy atom. The van der Waals surface area contributed by atoms with Gasteiger partial charge in [0.05, 0.1) is 12.3 Å². The summed E-state index contributed by atoms with van der Waals surface area (Å²) in [5, 5.41) is 2.12. The summed E-state index contributed by atoms with van der Waals surface area (Å²) in [6.07, 6.45) is 1.37. The van der Waals surface area contributed by atoms with Crippen LogP contribution in [0.25, 0.3) is 0 Å². The molecule has 1 aliphatic rings. The molecule has 1 aliphatic heterocycles. The number of hydrogen-bond donors (Lipinski definition) is 1. The lowest BCUT2D eigenvalue weighted by atomic mass is 10.3. The first-order valence-electron chi connectivity index (χ1n) is 4.77. The second-order valence-corrected chi connectivity index (χ2v) is 3.73. The Hall–Kier alpha value is -0.610. The molecular formula is C9H18N2O2. The molecule has 1 heterocycles. The zero-order valence-corrected chi connectivity index (χ0v) is 8.59. The van der Waals surface area contributed by atoms with Crippen molar-refractivity contribution >= 4 is 5.97 Å². The zero-order valence-electron chi connectivity index (χ0n) is 8.59. The number of esters is 1. The Morgan fingerprint density at radius 1 is 1.54 bits per heavy atom. The summed E-state index contributed by atoms with van der Waals surface area (Å²) in [5.74, 6) is -0.0952. The van der Waals surface area contributed by atoms with Gasteiger partial charge >= 0.3 is 5.97 Å². The number of ether oxygens (including phenoxy) is 1. The largest absolute Gasteiger partial charge is 0.466 e. The maximum atomic E-state index is 10.9. The topological polar surface area (TPSA) is 51.2 Å². The average Bonchev–Trinajstić information content (AvgIpc) is 2.59. The number of carbonyl (C=O) groups is 1. The Labute approximate surface area is 79.2 Å². The van der Waals surface area contributed by atoms with Crippen LogP contribution in [-0.2, 0) is 9.53 Å². The molecule has 13 heavy (non-hydrogen) atoms. The summed E-state index contributed by atoms with van der Waals surface area (Å²) in [5.41, 5.74) is 3.33. The van der Waals surface area contributed by atoms with Crippen molar-refractivity contribution < 1.29 is 9.53 Å². The van der Waals surface area contributed by atoms with E-state index in [1.54, 1.807) is 0 Å². The molecule has 0 saturated carbocycles. The minimum absolute atomic E-state index is 0.0952. The molecule has 0 aromatic rings. The fourth-order valence-electron chi connectivity index (χ4n) is 1.26. The van der Waals surface area contributed by atoms with E-state index in [9.17, 15) is 4.79 Å². The van der Waals surface area contributed by atoms with Crippen LogP contribution in [0.5, 0.6) is 0 Å². The average molecular weight is 186 g/mol. The smallest absolute Gasteiger partial charge is 0.305 e. The molecule has 1 unspecified atom stereocenters. The van der Waals surface area contributed by atoms with Crippen molar-refractivity contribution in [1.82, 2.24) is 10.4 Å². The summed E-state index contributed by atoms with van der Waals surface area (Å²) in [4.78, 5) is 10.9. The summed E-state index contributed by atoms with van der Waals surface area (Å²) in [7, 11) is 0. The number of nitrogens with zero attached hydrogens (tertiary/aromatic N) is 1. The van der Waals surface area contributed by atoms with Gasteiger partial charge in [0.2, 0.25) is 0 Å². The molecule has 4 heteroatoms. The molecule has 0 aliphatic carbocycles. The van der Waals surface area contributed by atoms with Crippen LogP contribution in [0.1, 0.15) is 33.6 Å². The Bertz CT molecular complexity index is 192. The third-order valence-corrected chi connectivity index (χ3v) is 2.10. The van der Waals surface area contributed by atoms with Gasteiger partial charge < -0.3 is 4.74 Å². The van der Waals surface area contributed by atoms with E-state index in [1.807, 2.05) is 6.92 Å². The van der Waals surface area contributed by atoms with Gasteiger partial charge in [-0.2, -0.15) is 0 Å². The zero-order chi connectivity index (χ0) is 9.90. The van der Waals surface area contributed by atoms with Crippen LogP contribution in [0.3, 0.4) is 0 Å². The van der Waals surface area contributed by atoms with Gasteiger partial charge in [-0.25, -0.2) is 10.4 Å².